The Balaban J connectivity index is 1.28. The summed E-state index contributed by atoms with van der Waals surface area (Å²) in [6, 6.07) is 34.3. The zero-order valence-corrected chi connectivity index (χ0v) is 20.1. The van der Waals surface area contributed by atoms with Crippen LogP contribution in [0.3, 0.4) is 0 Å². The van der Waals surface area contributed by atoms with Crippen LogP contribution in [0.5, 0.6) is 0 Å². The van der Waals surface area contributed by atoms with E-state index in [0.29, 0.717) is 12.0 Å². The maximum absolute atomic E-state index is 2.54. The molecule has 3 aliphatic rings. The Morgan fingerprint density at radius 2 is 1.66 bits per heavy atom. The summed E-state index contributed by atoms with van der Waals surface area (Å²) >= 11 is 0. The summed E-state index contributed by atoms with van der Waals surface area (Å²) < 4.78 is 0. The Morgan fingerprint density at radius 3 is 2.60 bits per heavy atom. The number of hydrogen-bond acceptors (Lipinski definition) is 1. The second kappa shape index (κ2) is 8.13. The number of para-hydroxylation sites is 1. The molecule has 0 radical (unpaired) electrons. The molecule has 0 amide bonds. The second-order valence-electron chi connectivity index (χ2n) is 10.1. The van der Waals surface area contributed by atoms with Crippen molar-refractivity contribution in [3.05, 3.63) is 137 Å². The SMILES string of the molecule is CCCc1cccc(N2c3ccccc3C3C=C(c4ccc5c(c4)-c4ccccc4C5)C=CC32)c1. The molecule has 1 nitrogen and oxygen atoms in total. The van der Waals surface area contributed by atoms with Gasteiger partial charge in [0.25, 0.3) is 0 Å². The molecule has 4 aromatic rings. The van der Waals surface area contributed by atoms with Gasteiger partial charge >= 0.3 is 0 Å². The molecule has 2 aliphatic carbocycles. The highest BCUT2D eigenvalue weighted by atomic mass is 15.2. The quantitative estimate of drug-likeness (QED) is 0.265. The molecular weight excluding hydrogens is 422 g/mol. The van der Waals surface area contributed by atoms with E-state index in [9.17, 15) is 0 Å². The molecule has 2 atom stereocenters. The molecule has 0 saturated carbocycles. The number of rotatable bonds is 4. The molecule has 1 heteroatoms. The molecule has 0 aromatic heterocycles. The molecule has 1 aliphatic heterocycles. The zero-order valence-electron chi connectivity index (χ0n) is 20.1. The van der Waals surface area contributed by atoms with E-state index in [0.717, 1.165) is 12.8 Å². The summed E-state index contributed by atoms with van der Waals surface area (Å²) in [6.07, 6.45) is 10.6. The molecule has 2 unspecified atom stereocenters. The molecule has 170 valence electrons. The van der Waals surface area contributed by atoms with Crippen LogP contribution >= 0.6 is 0 Å². The lowest BCUT2D eigenvalue weighted by molar-refractivity contribution is 0.746. The Bertz CT molecular complexity index is 1500. The van der Waals surface area contributed by atoms with Gasteiger partial charge in [-0.05, 0) is 81.6 Å². The molecule has 0 N–H and O–H groups in total. The van der Waals surface area contributed by atoms with E-state index >= 15 is 0 Å². The lowest BCUT2D eigenvalue weighted by Crippen LogP contribution is -2.29. The van der Waals surface area contributed by atoms with Crippen molar-refractivity contribution in [2.24, 2.45) is 0 Å². The molecule has 0 bridgehead atoms. The number of benzene rings is 4. The Hall–Kier alpha value is -3.84. The van der Waals surface area contributed by atoms with Crippen LogP contribution in [-0.2, 0) is 12.8 Å². The highest BCUT2D eigenvalue weighted by molar-refractivity contribution is 5.86. The first-order chi connectivity index (χ1) is 17.3. The first-order valence-corrected chi connectivity index (χ1v) is 12.9. The van der Waals surface area contributed by atoms with Gasteiger partial charge in [-0.25, -0.2) is 0 Å². The maximum atomic E-state index is 2.54. The van der Waals surface area contributed by atoms with E-state index in [1.807, 2.05) is 0 Å². The van der Waals surface area contributed by atoms with Crippen LogP contribution in [0.1, 0.15) is 47.1 Å². The third-order valence-electron chi connectivity index (χ3n) is 7.91. The Morgan fingerprint density at radius 1 is 0.800 bits per heavy atom. The summed E-state index contributed by atoms with van der Waals surface area (Å²) in [5.41, 5.74) is 13.8. The standard InChI is InChI=1S/C34H29N/c1-2-8-23-9-7-11-28(19-23)35-33-14-6-5-13-30(33)32-22-25(17-18-34(32)35)24-15-16-27-20-26-10-3-4-12-29(26)31(27)21-24/h3-7,9-19,21-22,32,34H,2,8,20H2,1H3. The molecule has 1 heterocycles. The lowest BCUT2D eigenvalue weighted by Gasteiger charge is -2.30. The normalized spacial score (nSPS) is 19.1. The minimum atomic E-state index is 0.308. The first kappa shape index (κ1) is 20.5. The van der Waals surface area contributed by atoms with Crippen molar-refractivity contribution in [1.29, 1.82) is 0 Å². The van der Waals surface area contributed by atoms with Gasteiger partial charge < -0.3 is 4.90 Å². The molecule has 0 spiro atoms. The largest absolute Gasteiger partial charge is 0.333 e. The predicted octanol–water partition coefficient (Wildman–Crippen LogP) is 8.47. The number of hydrogen-bond donors (Lipinski definition) is 0. The van der Waals surface area contributed by atoms with E-state index < -0.39 is 0 Å². The first-order valence-electron chi connectivity index (χ1n) is 12.9. The number of allylic oxidation sites excluding steroid dienone is 2. The predicted molar refractivity (Wildman–Crippen MR) is 147 cm³/mol. The van der Waals surface area contributed by atoms with E-state index in [1.54, 1.807) is 0 Å². The van der Waals surface area contributed by atoms with Crippen molar-refractivity contribution in [1.82, 2.24) is 0 Å². The van der Waals surface area contributed by atoms with Gasteiger partial charge in [-0.1, -0.05) is 98.3 Å². The van der Waals surface area contributed by atoms with E-state index in [2.05, 4.69) is 121 Å². The summed E-state index contributed by atoms with van der Waals surface area (Å²) in [5, 5.41) is 0. The van der Waals surface area contributed by atoms with Crippen LogP contribution in [0.4, 0.5) is 11.4 Å². The van der Waals surface area contributed by atoms with Gasteiger partial charge in [0.05, 0.1) is 6.04 Å². The third kappa shape index (κ3) is 3.30. The van der Waals surface area contributed by atoms with Gasteiger partial charge in [0, 0.05) is 17.3 Å². The lowest BCUT2D eigenvalue weighted by atomic mass is 9.85. The molecular formula is C34H29N. The summed E-state index contributed by atoms with van der Waals surface area (Å²) in [4.78, 5) is 2.54. The fraction of sp³-hybridized carbons (Fsp3) is 0.176. The van der Waals surface area contributed by atoms with Crippen molar-refractivity contribution in [3.8, 4) is 11.1 Å². The molecule has 4 aromatic carbocycles. The van der Waals surface area contributed by atoms with Crippen molar-refractivity contribution in [3.63, 3.8) is 0 Å². The summed E-state index contributed by atoms with van der Waals surface area (Å²) in [5.74, 6) is 0.349. The van der Waals surface area contributed by atoms with Crippen LogP contribution < -0.4 is 4.90 Å². The summed E-state index contributed by atoms with van der Waals surface area (Å²) in [7, 11) is 0. The fourth-order valence-corrected chi connectivity index (χ4v) is 6.30. The average molecular weight is 452 g/mol. The van der Waals surface area contributed by atoms with Gasteiger partial charge in [0.2, 0.25) is 0 Å². The van der Waals surface area contributed by atoms with Gasteiger partial charge in [0.1, 0.15) is 0 Å². The number of aryl methyl sites for hydroxylation is 1. The highest BCUT2D eigenvalue weighted by Gasteiger charge is 2.38. The van der Waals surface area contributed by atoms with Crippen molar-refractivity contribution in [2.75, 3.05) is 4.90 Å². The van der Waals surface area contributed by atoms with E-state index in [1.165, 1.54) is 62.3 Å². The minimum Gasteiger partial charge on any atom is -0.333 e. The molecule has 35 heavy (non-hydrogen) atoms. The van der Waals surface area contributed by atoms with E-state index in [4.69, 9.17) is 0 Å². The molecule has 0 fully saturated rings. The van der Waals surface area contributed by atoms with Crippen molar-refractivity contribution < 1.29 is 0 Å². The topological polar surface area (TPSA) is 3.24 Å². The highest BCUT2D eigenvalue weighted by Crippen LogP contribution is 2.49. The van der Waals surface area contributed by atoms with Crippen LogP contribution in [0.25, 0.3) is 16.7 Å². The Labute approximate surface area is 208 Å². The maximum Gasteiger partial charge on any atom is 0.0630 e. The van der Waals surface area contributed by atoms with Crippen molar-refractivity contribution >= 4 is 16.9 Å². The van der Waals surface area contributed by atoms with E-state index in [-0.39, 0.29) is 0 Å². The van der Waals surface area contributed by atoms with Gasteiger partial charge in [-0.3, -0.25) is 0 Å². The van der Waals surface area contributed by atoms with Crippen molar-refractivity contribution in [2.45, 2.75) is 38.1 Å². The molecule has 0 saturated heterocycles. The zero-order chi connectivity index (χ0) is 23.4. The van der Waals surface area contributed by atoms with Gasteiger partial charge in [-0.15, -0.1) is 0 Å². The van der Waals surface area contributed by atoms with Crippen LogP contribution in [0.15, 0.2) is 109 Å². The Kier molecular flexibility index (Phi) is 4.77. The average Bonchev–Trinajstić information content (AvgIpc) is 3.44. The van der Waals surface area contributed by atoms with Crippen LogP contribution in [0, 0.1) is 0 Å². The van der Waals surface area contributed by atoms with Gasteiger partial charge in [0.15, 0.2) is 0 Å². The van der Waals surface area contributed by atoms with Gasteiger partial charge in [-0.2, -0.15) is 0 Å². The number of anilines is 2. The summed E-state index contributed by atoms with van der Waals surface area (Å²) in [6.45, 7) is 2.25. The minimum absolute atomic E-state index is 0.308. The smallest absolute Gasteiger partial charge is 0.0630 e. The fourth-order valence-electron chi connectivity index (χ4n) is 6.30. The van der Waals surface area contributed by atoms with Crippen LogP contribution in [0.2, 0.25) is 0 Å². The number of fused-ring (bicyclic) bond motifs is 6. The van der Waals surface area contributed by atoms with Crippen LogP contribution in [-0.4, -0.2) is 6.04 Å². The third-order valence-corrected chi connectivity index (χ3v) is 7.91. The molecule has 7 rings (SSSR count). The monoisotopic (exact) mass is 451 g/mol. The second-order valence-corrected chi connectivity index (χ2v) is 10.1. The number of nitrogens with zero attached hydrogens (tertiary/aromatic N) is 1.